The number of amides is 1. The van der Waals surface area contributed by atoms with Gasteiger partial charge in [0.2, 0.25) is 5.91 Å². The lowest BCUT2D eigenvalue weighted by atomic mass is 10.1. The number of hydrogen-bond donors (Lipinski definition) is 0. The Morgan fingerprint density at radius 3 is 2.24 bits per heavy atom. The highest BCUT2D eigenvalue weighted by atomic mass is 35.5. The largest absolute Gasteiger partial charge is 0.306 e. The fraction of sp³-hybridized carbons (Fsp3) is 0.250. The zero-order valence-corrected chi connectivity index (χ0v) is 13.6. The Hall–Kier alpha value is -1.58. The molecule has 0 saturated carbocycles. The van der Waals surface area contributed by atoms with E-state index in [2.05, 4.69) is 4.98 Å². The lowest BCUT2D eigenvalue weighted by molar-refractivity contribution is -0.116. The van der Waals surface area contributed by atoms with Crippen LogP contribution in [0.3, 0.4) is 0 Å². The van der Waals surface area contributed by atoms with Crippen LogP contribution in [0.4, 0.5) is 5.69 Å². The number of benzene rings is 1. The number of halogens is 2. The SMILES string of the molecule is Cc1cccc(C)c1N(Cc1ccncc1)C(=O)CCl.Cl. The van der Waals surface area contributed by atoms with Crippen molar-refractivity contribution in [2.45, 2.75) is 20.4 Å². The van der Waals surface area contributed by atoms with Crippen molar-refractivity contribution < 1.29 is 4.79 Å². The van der Waals surface area contributed by atoms with Crippen LogP contribution in [0.2, 0.25) is 0 Å². The Labute approximate surface area is 136 Å². The lowest BCUT2D eigenvalue weighted by Crippen LogP contribution is -2.32. The third-order valence-corrected chi connectivity index (χ3v) is 3.44. The third kappa shape index (κ3) is 4.19. The van der Waals surface area contributed by atoms with Crippen molar-refractivity contribution in [2.75, 3.05) is 10.8 Å². The number of carbonyl (C=O) groups excluding carboxylic acids is 1. The zero-order valence-electron chi connectivity index (χ0n) is 12.0. The van der Waals surface area contributed by atoms with E-state index in [1.807, 2.05) is 44.2 Å². The van der Waals surface area contributed by atoms with Gasteiger partial charge in [0, 0.05) is 18.1 Å². The normalized spacial score (nSPS) is 9.86. The van der Waals surface area contributed by atoms with E-state index in [0.29, 0.717) is 6.54 Å². The molecule has 0 aliphatic heterocycles. The Kier molecular flexibility index (Phi) is 6.66. The first-order valence-electron chi connectivity index (χ1n) is 6.45. The molecule has 5 heteroatoms. The topological polar surface area (TPSA) is 33.2 Å². The summed E-state index contributed by atoms with van der Waals surface area (Å²) in [5, 5.41) is 0. The highest BCUT2D eigenvalue weighted by molar-refractivity contribution is 6.29. The van der Waals surface area contributed by atoms with Crippen LogP contribution in [0.5, 0.6) is 0 Å². The first-order valence-corrected chi connectivity index (χ1v) is 6.98. The quantitative estimate of drug-likeness (QED) is 0.799. The van der Waals surface area contributed by atoms with E-state index in [1.54, 1.807) is 17.3 Å². The smallest absolute Gasteiger partial charge is 0.242 e. The average Bonchev–Trinajstić information content (AvgIpc) is 2.46. The van der Waals surface area contributed by atoms with Crippen LogP contribution in [0.1, 0.15) is 16.7 Å². The maximum absolute atomic E-state index is 12.2. The summed E-state index contributed by atoms with van der Waals surface area (Å²) in [6.45, 7) is 4.51. The Balaban J connectivity index is 0.00000220. The summed E-state index contributed by atoms with van der Waals surface area (Å²) in [5.74, 6) is -0.125. The van der Waals surface area contributed by atoms with Gasteiger partial charge in [-0.2, -0.15) is 0 Å². The second kappa shape index (κ2) is 8.01. The first kappa shape index (κ1) is 17.5. The summed E-state index contributed by atoms with van der Waals surface area (Å²) < 4.78 is 0. The number of aryl methyl sites for hydroxylation is 2. The molecule has 0 saturated heterocycles. The molecular weight excluding hydrogens is 307 g/mol. The molecule has 0 spiro atoms. The molecule has 0 bridgehead atoms. The predicted molar refractivity (Wildman–Crippen MR) is 89.3 cm³/mol. The molecule has 0 atom stereocenters. The minimum Gasteiger partial charge on any atom is -0.306 e. The molecule has 1 amide bonds. The minimum atomic E-state index is -0.0964. The zero-order chi connectivity index (χ0) is 14.5. The van der Waals surface area contributed by atoms with Gasteiger partial charge in [0.05, 0.1) is 6.54 Å². The van der Waals surface area contributed by atoms with Crippen LogP contribution in [-0.2, 0) is 11.3 Å². The van der Waals surface area contributed by atoms with Gasteiger partial charge in [0.15, 0.2) is 0 Å². The fourth-order valence-corrected chi connectivity index (χ4v) is 2.41. The van der Waals surface area contributed by atoms with E-state index >= 15 is 0 Å². The molecule has 2 aromatic rings. The molecule has 0 aliphatic carbocycles. The minimum absolute atomic E-state index is 0. The van der Waals surface area contributed by atoms with Gasteiger partial charge in [0.25, 0.3) is 0 Å². The van der Waals surface area contributed by atoms with Crippen molar-refractivity contribution in [1.82, 2.24) is 4.98 Å². The third-order valence-electron chi connectivity index (χ3n) is 3.21. The Morgan fingerprint density at radius 1 is 1.14 bits per heavy atom. The average molecular weight is 325 g/mol. The molecule has 0 unspecified atom stereocenters. The summed E-state index contributed by atoms with van der Waals surface area (Å²) in [4.78, 5) is 17.9. The van der Waals surface area contributed by atoms with Gasteiger partial charge in [-0.05, 0) is 42.7 Å². The molecule has 0 fully saturated rings. The van der Waals surface area contributed by atoms with Crippen molar-refractivity contribution >= 4 is 35.6 Å². The Bertz CT molecular complexity index is 582. The number of hydrogen-bond acceptors (Lipinski definition) is 2. The molecule has 1 heterocycles. The van der Waals surface area contributed by atoms with Crippen molar-refractivity contribution in [3.63, 3.8) is 0 Å². The molecule has 112 valence electrons. The summed E-state index contributed by atoms with van der Waals surface area (Å²) in [6.07, 6.45) is 3.45. The number of pyridine rings is 1. The van der Waals surface area contributed by atoms with Crippen LogP contribution in [0.25, 0.3) is 0 Å². The lowest BCUT2D eigenvalue weighted by Gasteiger charge is -2.25. The van der Waals surface area contributed by atoms with E-state index in [9.17, 15) is 4.79 Å². The second-order valence-corrected chi connectivity index (χ2v) is 4.98. The number of para-hydroxylation sites is 1. The fourth-order valence-electron chi connectivity index (χ4n) is 2.27. The highest BCUT2D eigenvalue weighted by Crippen LogP contribution is 2.26. The summed E-state index contributed by atoms with van der Waals surface area (Å²) in [5.41, 5.74) is 4.10. The molecule has 2 rings (SSSR count). The highest BCUT2D eigenvalue weighted by Gasteiger charge is 2.18. The molecule has 21 heavy (non-hydrogen) atoms. The van der Waals surface area contributed by atoms with Gasteiger partial charge < -0.3 is 4.90 Å². The van der Waals surface area contributed by atoms with Crippen molar-refractivity contribution in [3.05, 3.63) is 59.4 Å². The number of anilines is 1. The summed E-state index contributed by atoms with van der Waals surface area (Å²) >= 11 is 5.76. The van der Waals surface area contributed by atoms with Crippen LogP contribution < -0.4 is 4.90 Å². The molecular formula is C16H18Cl2N2O. The number of aromatic nitrogens is 1. The van der Waals surface area contributed by atoms with Gasteiger partial charge in [0.1, 0.15) is 5.88 Å². The van der Waals surface area contributed by atoms with Crippen molar-refractivity contribution in [1.29, 1.82) is 0 Å². The van der Waals surface area contributed by atoms with E-state index in [4.69, 9.17) is 11.6 Å². The van der Waals surface area contributed by atoms with Crippen LogP contribution in [0.15, 0.2) is 42.7 Å². The number of nitrogens with zero attached hydrogens (tertiary/aromatic N) is 2. The van der Waals surface area contributed by atoms with Crippen molar-refractivity contribution in [3.8, 4) is 0 Å². The summed E-state index contributed by atoms with van der Waals surface area (Å²) in [6, 6.07) is 9.81. The first-order chi connectivity index (χ1) is 9.63. The predicted octanol–water partition coefficient (Wildman–Crippen LogP) is 3.89. The number of carbonyl (C=O) groups is 1. The van der Waals surface area contributed by atoms with Crippen molar-refractivity contribution in [2.24, 2.45) is 0 Å². The van der Waals surface area contributed by atoms with Gasteiger partial charge in [-0.25, -0.2) is 0 Å². The molecule has 0 radical (unpaired) electrons. The van der Waals surface area contributed by atoms with E-state index < -0.39 is 0 Å². The monoisotopic (exact) mass is 324 g/mol. The van der Waals surface area contributed by atoms with Gasteiger partial charge in [-0.1, -0.05) is 18.2 Å². The van der Waals surface area contributed by atoms with Crippen LogP contribution in [-0.4, -0.2) is 16.8 Å². The maximum Gasteiger partial charge on any atom is 0.242 e. The second-order valence-electron chi connectivity index (χ2n) is 4.71. The molecule has 0 N–H and O–H groups in total. The maximum atomic E-state index is 12.2. The van der Waals surface area contributed by atoms with E-state index in [-0.39, 0.29) is 24.2 Å². The van der Waals surface area contributed by atoms with E-state index in [0.717, 1.165) is 22.4 Å². The van der Waals surface area contributed by atoms with Gasteiger partial charge in [-0.15, -0.1) is 24.0 Å². The number of rotatable bonds is 4. The van der Waals surface area contributed by atoms with Crippen LogP contribution in [0, 0.1) is 13.8 Å². The Morgan fingerprint density at radius 2 is 1.71 bits per heavy atom. The molecule has 1 aromatic carbocycles. The van der Waals surface area contributed by atoms with Gasteiger partial charge in [-0.3, -0.25) is 9.78 Å². The number of alkyl halides is 1. The summed E-state index contributed by atoms with van der Waals surface area (Å²) in [7, 11) is 0. The standard InChI is InChI=1S/C16H17ClN2O.ClH/c1-12-4-3-5-13(2)16(12)19(15(20)10-17)11-14-6-8-18-9-7-14;/h3-9H,10-11H2,1-2H3;1H. The molecule has 1 aromatic heterocycles. The van der Waals surface area contributed by atoms with Gasteiger partial charge >= 0.3 is 0 Å². The van der Waals surface area contributed by atoms with Crippen LogP contribution >= 0.6 is 24.0 Å². The molecule has 0 aliphatic rings. The van der Waals surface area contributed by atoms with E-state index in [1.165, 1.54) is 0 Å². The molecule has 3 nitrogen and oxygen atoms in total.